The molecule has 2 aromatic carbocycles. The van der Waals surface area contributed by atoms with E-state index in [2.05, 4.69) is 5.32 Å². The predicted octanol–water partition coefficient (Wildman–Crippen LogP) is 4.18. The van der Waals surface area contributed by atoms with Gasteiger partial charge in [-0.1, -0.05) is 32.0 Å². The van der Waals surface area contributed by atoms with Crippen LogP contribution in [-0.2, 0) is 9.59 Å². The quantitative estimate of drug-likeness (QED) is 0.623. The standard InChI is InChI=1S/C25H30N2O5/c1-14(2)13-27-24(28)21(17-9-8-15(3)16(4)10-17)22(25(27)29)26-18-11-19(30-5)23(32-7)20(12-18)31-6/h8-12,14,26H,13H2,1-7H3. The molecule has 2 amide bonds. The highest BCUT2D eigenvalue weighted by Gasteiger charge is 2.39. The molecule has 7 heteroatoms. The van der Waals surface area contributed by atoms with Crippen molar-refractivity contribution in [3.8, 4) is 17.2 Å². The molecule has 0 saturated heterocycles. The lowest BCUT2D eigenvalue weighted by Crippen LogP contribution is -2.35. The van der Waals surface area contributed by atoms with E-state index in [9.17, 15) is 9.59 Å². The molecule has 0 bridgehead atoms. The van der Waals surface area contributed by atoms with Gasteiger partial charge in [0.1, 0.15) is 5.70 Å². The van der Waals surface area contributed by atoms with Crippen molar-refractivity contribution < 1.29 is 23.8 Å². The minimum absolute atomic E-state index is 0.143. The Morgan fingerprint density at radius 1 is 0.875 bits per heavy atom. The van der Waals surface area contributed by atoms with Crippen molar-refractivity contribution in [1.29, 1.82) is 0 Å². The number of imide groups is 1. The number of hydrogen-bond donors (Lipinski definition) is 1. The lowest BCUT2D eigenvalue weighted by Gasteiger charge is -2.18. The molecule has 0 unspecified atom stereocenters. The Morgan fingerprint density at radius 2 is 1.50 bits per heavy atom. The Bertz CT molecular complexity index is 1060. The lowest BCUT2D eigenvalue weighted by molar-refractivity contribution is -0.137. The van der Waals surface area contributed by atoms with Crippen LogP contribution in [0.3, 0.4) is 0 Å². The van der Waals surface area contributed by atoms with Crippen LogP contribution in [0.5, 0.6) is 17.2 Å². The van der Waals surface area contributed by atoms with Crippen molar-refractivity contribution in [1.82, 2.24) is 4.90 Å². The van der Waals surface area contributed by atoms with Crippen LogP contribution >= 0.6 is 0 Å². The number of nitrogens with zero attached hydrogens (tertiary/aromatic N) is 1. The second-order valence-corrected chi connectivity index (χ2v) is 8.20. The van der Waals surface area contributed by atoms with Gasteiger partial charge in [0.25, 0.3) is 11.8 Å². The summed E-state index contributed by atoms with van der Waals surface area (Å²) in [4.78, 5) is 28.0. The molecule has 2 aromatic rings. The smallest absolute Gasteiger partial charge is 0.278 e. The lowest BCUT2D eigenvalue weighted by atomic mass is 9.99. The maximum atomic E-state index is 13.3. The van der Waals surface area contributed by atoms with Crippen molar-refractivity contribution in [3.05, 3.63) is 52.7 Å². The summed E-state index contributed by atoms with van der Waals surface area (Å²) >= 11 is 0. The topological polar surface area (TPSA) is 77.1 Å². The van der Waals surface area contributed by atoms with Crippen molar-refractivity contribution in [3.63, 3.8) is 0 Å². The molecule has 32 heavy (non-hydrogen) atoms. The van der Waals surface area contributed by atoms with Crippen LogP contribution < -0.4 is 19.5 Å². The van der Waals surface area contributed by atoms with E-state index in [1.807, 2.05) is 45.9 Å². The second kappa shape index (κ2) is 9.34. The predicted molar refractivity (Wildman–Crippen MR) is 124 cm³/mol. The third-order valence-electron chi connectivity index (χ3n) is 5.45. The second-order valence-electron chi connectivity index (χ2n) is 8.20. The highest BCUT2D eigenvalue weighted by molar-refractivity contribution is 6.36. The fourth-order valence-corrected chi connectivity index (χ4v) is 3.69. The molecule has 7 nitrogen and oxygen atoms in total. The summed E-state index contributed by atoms with van der Waals surface area (Å²) in [6.07, 6.45) is 0. The van der Waals surface area contributed by atoms with E-state index in [0.717, 1.165) is 11.1 Å². The zero-order chi connectivity index (χ0) is 23.6. The molecule has 1 aliphatic rings. The molecular weight excluding hydrogens is 408 g/mol. The minimum Gasteiger partial charge on any atom is -0.493 e. The van der Waals surface area contributed by atoms with Crippen molar-refractivity contribution in [2.75, 3.05) is 33.2 Å². The number of benzene rings is 2. The minimum atomic E-state index is -0.356. The number of nitrogens with one attached hydrogen (secondary N) is 1. The van der Waals surface area contributed by atoms with Gasteiger partial charge >= 0.3 is 0 Å². The number of methoxy groups -OCH3 is 3. The average molecular weight is 439 g/mol. The summed E-state index contributed by atoms with van der Waals surface area (Å²) < 4.78 is 16.2. The van der Waals surface area contributed by atoms with Crippen molar-refractivity contribution in [2.45, 2.75) is 27.7 Å². The van der Waals surface area contributed by atoms with E-state index in [1.165, 1.54) is 26.2 Å². The first-order valence-corrected chi connectivity index (χ1v) is 10.5. The van der Waals surface area contributed by atoms with Gasteiger partial charge in [0, 0.05) is 24.4 Å². The monoisotopic (exact) mass is 438 g/mol. The normalized spacial score (nSPS) is 13.8. The van der Waals surface area contributed by atoms with Crippen LogP contribution in [0.4, 0.5) is 5.69 Å². The third kappa shape index (κ3) is 4.28. The van der Waals surface area contributed by atoms with Gasteiger partial charge in [-0.2, -0.15) is 0 Å². The first kappa shape index (κ1) is 23.2. The van der Waals surface area contributed by atoms with E-state index in [-0.39, 0.29) is 23.4 Å². The molecule has 1 aliphatic heterocycles. The molecule has 3 rings (SSSR count). The number of ether oxygens (including phenoxy) is 3. The summed E-state index contributed by atoms with van der Waals surface area (Å²) in [5, 5.41) is 3.16. The van der Waals surface area contributed by atoms with Crippen LogP contribution in [-0.4, -0.2) is 44.6 Å². The van der Waals surface area contributed by atoms with E-state index in [1.54, 1.807) is 12.1 Å². The van der Waals surface area contributed by atoms with E-state index < -0.39 is 0 Å². The number of anilines is 1. The molecule has 0 fully saturated rings. The Balaban J connectivity index is 2.14. The summed E-state index contributed by atoms with van der Waals surface area (Å²) in [5.41, 5.74) is 3.99. The highest BCUT2D eigenvalue weighted by atomic mass is 16.5. The summed E-state index contributed by atoms with van der Waals surface area (Å²) in [5.74, 6) is 0.813. The highest BCUT2D eigenvalue weighted by Crippen LogP contribution is 2.41. The molecule has 0 atom stereocenters. The number of amides is 2. The van der Waals surface area contributed by atoms with Gasteiger partial charge < -0.3 is 19.5 Å². The van der Waals surface area contributed by atoms with Crippen LogP contribution in [0.15, 0.2) is 36.0 Å². The Labute approximate surface area is 189 Å². The summed E-state index contributed by atoms with van der Waals surface area (Å²) in [7, 11) is 4.57. The molecule has 0 aromatic heterocycles. The zero-order valence-electron chi connectivity index (χ0n) is 19.7. The molecule has 0 radical (unpaired) electrons. The number of carbonyl (C=O) groups excluding carboxylic acids is 2. The molecule has 1 N–H and O–H groups in total. The van der Waals surface area contributed by atoms with E-state index >= 15 is 0 Å². The third-order valence-corrected chi connectivity index (χ3v) is 5.45. The Morgan fingerprint density at radius 3 is 2.00 bits per heavy atom. The van der Waals surface area contributed by atoms with Crippen LogP contribution in [0.25, 0.3) is 5.57 Å². The van der Waals surface area contributed by atoms with Gasteiger partial charge in [0.2, 0.25) is 5.75 Å². The van der Waals surface area contributed by atoms with Gasteiger partial charge in [0.15, 0.2) is 11.5 Å². The first-order chi connectivity index (χ1) is 15.2. The fourth-order valence-electron chi connectivity index (χ4n) is 3.69. The first-order valence-electron chi connectivity index (χ1n) is 10.5. The number of hydrogen-bond acceptors (Lipinski definition) is 6. The number of aryl methyl sites for hydroxylation is 2. The van der Waals surface area contributed by atoms with Crippen molar-refractivity contribution in [2.24, 2.45) is 5.92 Å². The largest absolute Gasteiger partial charge is 0.493 e. The van der Waals surface area contributed by atoms with Gasteiger partial charge in [-0.05, 0) is 36.5 Å². The molecule has 170 valence electrons. The number of rotatable bonds is 8. The zero-order valence-corrected chi connectivity index (χ0v) is 19.7. The van der Waals surface area contributed by atoms with Gasteiger partial charge in [-0.3, -0.25) is 14.5 Å². The van der Waals surface area contributed by atoms with Crippen LogP contribution in [0.2, 0.25) is 0 Å². The summed E-state index contributed by atoms with van der Waals surface area (Å²) in [6, 6.07) is 9.17. The molecular formula is C25H30N2O5. The molecule has 1 heterocycles. The molecule has 0 saturated carbocycles. The van der Waals surface area contributed by atoms with Gasteiger partial charge in [0.05, 0.1) is 26.9 Å². The SMILES string of the molecule is COc1cc(NC2=C(c3ccc(C)c(C)c3)C(=O)N(CC(C)C)C2=O)cc(OC)c1OC. The summed E-state index contributed by atoms with van der Waals surface area (Å²) in [6.45, 7) is 8.28. The Kier molecular flexibility index (Phi) is 6.77. The molecule has 0 spiro atoms. The van der Waals surface area contributed by atoms with Gasteiger partial charge in [-0.25, -0.2) is 0 Å². The van der Waals surface area contributed by atoms with Crippen LogP contribution in [0.1, 0.15) is 30.5 Å². The number of carbonyl (C=O) groups is 2. The average Bonchev–Trinajstić information content (AvgIpc) is 2.98. The maximum absolute atomic E-state index is 13.3. The fraction of sp³-hybridized carbons (Fsp3) is 0.360. The maximum Gasteiger partial charge on any atom is 0.278 e. The van der Waals surface area contributed by atoms with Gasteiger partial charge in [-0.15, -0.1) is 0 Å². The molecule has 0 aliphatic carbocycles. The van der Waals surface area contributed by atoms with Crippen molar-refractivity contribution >= 4 is 23.1 Å². The Hall–Kier alpha value is -3.48. The van der Waals surface area contributed by atoms with E-state index in [4.69, 9.17) is 14.2 Å². The van der Waals surface area contributed by atoms with Crippen LogP contribution in [0, 0.1) is 19.8 Å². The van der Waals surface area contributed by atoms with E-state index in [0.29, 0.717) is 40.6 Å².